The summed E-state index contributed by atoms with van der Waals surface area (Å²) >= 11 is 0. The predicted octanol–water partition coefficient (Wildman–Crippen LogP) is 18.0. The molecule has 0 aliphatic carbocycles. The molecule has 0 rings (SSSR count). The van der Waals surface area contributed by atoms with Crippen molar-refractivity contribution in [1.82, 2.24) is 0 Å². The van der Waals surface area contributed by atoms with Crippen LogP contribution >= 0.6 is 0 Å². The maximum Gasteiger partial charge on any atom is 0.306 e. The van der Waals surface area contributed by atoms with Gasteiger partial charge in [0.25, 0.3) is 0 Å². The number of esters is 3. The molecule has 6 nitrogen and oxygen atoms in total. The van der Waals surface area contributed by atoms with Gasteiger partial charge < -0.3 is 14.2 Å². The number of allylic oxidation sites excluding steroid dienone is 10. The summed E-state index contributed by atoms with van der Waals surface area (Å²) in [7, 11) is 0. The van der Waals surface area contributed by atoms with E-state index in [-0.39, 0.29) is 31.1 Å². The van der Waals surface area contributed by atoms with Gasteiger partial charge in [-0.3, -0.25) is 14.4 Å². The van der Waals surface area contributed by atoms with Crippen molar-refractivity contribution in [3.05, 3.63) is 60.8 Å². The third kappa shape index (κ3) is 50.1. The fraction of sp³-hybridized carbons (Fsp3) is 0.776. The van der Waals surface area contributed by atoms with Gasteiger partial charge in [-0.05, 0) is 64.2 Å². The lowest BCUT2D eigenvalue weighted by atomic mass is 10.0. The van der Waals surface area contributed by atoms with E-state index in [9.17, 15) is 14.4 Å². The van der Waals surface area contributed by atoms with Crippen LogP contribution in [0.1, 0.15) is 271 Å². The molecule has 0 aromatic heterocycles. The SMILES string of the molecule is CC/C=C\C/C=C\C/C=C\C/C=C\C/C=C\CCCCCCCC(=O)OCC(COC(=O)CCCCCCCCCCCC)OC(=O)CCCCCCCCCCCCCCCCC. The molecule has 0 spiro atoms. The first-order valence-corrected chi connectivity index (χ1v) is 27.3. The number of ether oxygens (including phenoxy) is 3. The highest BCUT2D eigenvalue weighted by Crippen LogP contribution is 2.16. The highest BCUT2D eigenvalue weighted by Gasteiger charge is 2.19. The second kappa shape index (κ2) is 52.7. The molecule has 0 aliphatic rings. The van der Waals surface area contributed by atoms with Crippen molar-refractivity contribution in [2.75, 3.05) is 13.2 Å². The van der Waals surface area contributed by atoms with Crippen LogP contribution < -0.4 is 0 Å². The highest BCUT2D eigenvalue weighted by molar-refractivity contribution is 5.71. The molecule has 6 heteroatoms. The zero-order chi connectivity index (χ0) is 46.5. The summed E-state index contributed by atoms with van der Waals surface area (Å²) in [6, 6.07) is 0. The Bertz CT molecular complexity index is 1170. The molecule has 0 saturated heterocycles. The number of carbonyl (C=O) groups excluding carboxylic acids is 3. The van der Waals surface area contributed by atoms with E-state index in [1.807, 2.05) is 0 Å². The molecule has 0 saturated carbocycles. The lowest BCUT2D eigenvalue weighted by molar-refractivity contribution is -0.167. The van der Waals surface area contributed by atoms with Crippen LogP contribution in [0, 0.1) is 0 Å². The van der Waals surface area contributed by atoms with Gasteiger partial charge in [-0.25, -0.2) is 0 Å². The van der Waals surface area contributed by atoms with Crippen LogP contribution in [0.2, 0.25) is 0 Å². The van der Waals surface area contributed by atoms with Crippen LogP contribution in [0.4, 0.5) is 0 Å². The average molecular weight is 895 g/mol. The van der Waals surface area contributed by atoms with E-state index >= 15 is 0 Å². The van der Waals surface area contributed by atoms with E-state index in [0.29, 0.717) is 19.3 Å². The Morgan fingerprint density at radius 2 is 0.609 bits per heavy atom. The van der Waals surface area contributed by atoms with Gasteiger partial charge in [0.05, 0.1) is 0 Å². The summed E-state index contributed by atoms with van der Waals surface area (Å²) in [6.07, 6.45) is 64.9. The Labute approximate surface area is 396 Å². The molecule has 1 atom stereocenters. The molecule has 0 aromatic carbocycles. The second-order valence-electron chi connectivity index (χ2n) is 18.1. The van der Waals surface area contributed by atoms with E-state index < -0.39 is 6.10 Å². The molecule has 0 fully saturated rings. The smallest absolute Gasteiger partial charge is 0.306 e. The standard InChI is InChI=1S/C58H102O6/c1-4-7-10-13-16-19-22-24-26-27-28-29-30-31-33-34-36-39-42-45-48-51-57(60)63-54-55(53-62-56(59)50-47-44-41-38-21-18-15-12-9-6-3)64-58(61)52-49-46-43-40-37-35-32-25-23-20-17-14-11-8-5-2/h7,10,16,19,24,26,28-29,31,33,55H,4-6,8-9,11-15,17-18,20-23,25,27,30,32,34-54H2,1-3H3/b10-7-,19-16-,26-24-,29-28-,33-31-. The number of rotatable bonds is 49. The summed E-state index contributed by atoms with van der Waals surface area (Å²) < 4.78 is 16.8. The van der Waals surface area contributed by atoms with E-state index in [0.717, 1.165) is 109 Å². The van der Waals surface area contributed by atoms with Crippen LogP contribution in [-0.2, 0) is 28.6 Å². The number of unbranched alkanes of at least 4 members (excludes halogenated alkanes) is 28. The van der Waals surface area contributed by atoms with Crippen molar-refractivity contribution in [2.24, 2.45) is 0 Å². The Hall–Kier alpha value is -2.89. The van der Waals surface area contributed by atoms with Gasteiger partial charge in [0.2, 0.25) is 0 Å². The molecular weight excluding hydrogens is 793 g/mol. The molecule has 0 aromatic rings. The molecular formula is C58H102O6. The Balaban J connectivity index is 4.34. The summed E-state index contributed by atoms with van der Waals surface area (Å²) in [5.41, 5.74) is 0. The highest BCUT2D eigenvalue weighted by atomic mass is 16.6. The number of hydrogen-bond acceptors (Lipinski definition) is 6. The minimum absolute atomic E-state index is 0.0770. The molecule has 0 radical (unpaired) electrons. The van der Waals surface area contributed by atoms with E-state index in [1.54, 1.807) is 0 Å². The molecule has 64 heavy (non-hydrogen) atoms. The largest absolute Gasteiger partial charge is 0.462 e. The summed E-state index contributed by atoms with van der Waals surface area (Å²) in [6.45, 7) is 6.52. The summed E-state index contributed by atoms with van der Waals surface area (Å²) in [5, 5.41) is 0. The monoisotopic (exact) mass is 895 g/mol. The first-order chi connectivity index (χ1) is 31.5. The lowest BCUT2D eigenvalue weighted by Gasteiger charge is -2.18. The predicted molar refractivity (Wildman–Crippen MR) is 275 cm³/mol. The summed E-state index contributed by atoms with van der Waals surface area (Å²) in [4.78, 5) is 38.0. The van der Waals surface area contributed by atoms with Crippen LogP contribution in [0.15, 0.2) is 60.8 Å². The number of hydrogen-bond donors (Lipinski definition) is 0. The van der Waals surface area contributed by atoms with Gasteiger partial charge in [-0.15, -0.1) is 0 Å². The van der Waals surface area contributed by atoms with Crippen molar-refractivity contribution in [3.63, 3.8) is 0 Å². The average Bonchev–Trinajstić information content (AvgIpc) is 3.29. The fourth-order valence-corrected chi connectivity index (χ4v) is 7.70. The lowest BCUT2D eigenvalue weighted by Crippen LogP contribution is -2.30. The molecule has 370 valence electrons. The minimum Gasteiger partial charge on any atom is -0.462 e. The zero-order valence-electron chi connectivity index (χ0n) is 42.3. The molecule has 0 bridgehead atoms. The summed E-state index contributed by atoms with van der Waals surface area (Å²) in [5.74, 6) is -0.888. The zero-order valence-corrected chi connectivity index (χ0v) is 42.3. The van der Waals surface area contributed by atoms with Gasteiger partial charge in [0.1, 0.15) is 13.2 Å². The maximum atomic E-state index is 12.8. The first kappa shape index (κ1) is 61.1. The van der Waals surface area contributed by atoms with Crippen LogP contribution in [0.25, 0.3) is 0 Å². The fourth-order valence-electron chi connectivity index (χ4n) is 7.70. The quantitative estimate of drug-likeness (QED) is 0.0262. The van der Waals surface area contributed by atoms with Crippen LogP contribution in [0.5, 0.6) is 0 Å². The Kier molecular flexibility index (Phi) is 50.4. The van der Waals surface area contributed by atoms with Crippen molar-refractivity contribution < 1.29 is 28.6 Å². The van der Waals surface area contributed by atoms with Crippen molar-refractivity contribution in [2.45, 2.75) is 277 Å². The normalized spacial score (nSPS) is 12.5. The van der Waals surface area contributed by atoms with Gasteiger partial charge in [0.15, 0.2) is 6.10 Å². The van der Waals surface area contributed by atoms with Gasteiger partial charge >= 0.3 is 17.9 Å². The Morgan fingerprint density at radius 1 is 0.328 bits per heavy atom. The maximum absolute atomic E-state index is 12.8. The topological polar surface area (TPSA) is 78.9 Å². The second-order valence-corrected chi connectivity index (χ2v) is 18.1. The van der Waals surface area contributed by atoms with Gasteiger partial charge in [0, 0.05) is 19.3 Å². The van der Waals surface area contributed by atoms with Crippen molar-refractivity contribution in [1.29, 1.82) is 0 Å². The van der Waals surface area contributed by atoms with Gasteiger partial charge in [-0.2, -0.15) is 0 Å². The first-order valence-electron chi connectivity index (χ1n) is 27.3. The molecule has 0 N–H and O–H groups in total. The third-order valence-corrected chi connectivity index (χ3v) is 11.8. The van der Waals surface area contributed by atoms with E-state index in [4.69, 9.17) is 14.2 Å². The van der Waals surface area contributed by atoms with Crippen molar-refractivity contribution >= 4 is 17.9 Å². The van der Waals surface area contributed by atoms with E-state index in [1.165, 1.54) is 122 Å². The van der Waals surface area contributed by atoms with E-state index in [2.05, 4.69) is 81.5 Å². The van der Waals surface area contributed by atoms with Gasteiger partial charge in [-0.1, -0.05) is 248 Å². The Morgan fingerprint density at radius 3 is 0.953 bits per heavy atom. The van der Waals surface area contributed by atoms with Crippen molar-refractivity contribution in [3.8, 4) is 0 Å². The minimum atomic E-state index is -0.777. The third-order valence-electron chi connectivity index (χ3n) is 11.8. The number of carbonyl (C=O) groups is 3. The van der Waals surface area contributed by atoms with Crippen LogP contribution in [-0.4, -0.2) is 37.2 Å². The molecule has 1 unspecified atom stereocenters. The molecule has 0 aliphatic heterocycles. The van der Waals surface area contributed by atoms with Crippen LogP contribution in [0.3, 0.4) is 0 Å². The molecule has 0 amide bonds. The molecule has 0 heterocycles.